The number of anilines is 1. The van der Waals surface area contributed by atoms with Crippen molar-refractivity contribution in [1.29, 1.82) is 5.26 Å². The molecule has 19 heavy (non-hydrogen) atoms. The fourth-order valence-electron chi connectivity index (χ4n) is 1.79. The van der Waals surface area contributed by atoms with Crippen molar-refractivity contribution in [2.45, 2.75) is 13.8 Å². The molecular formula is C13H18N4O2. The van der Waals surface area contributed by atoms with Crippen LogP contribution in [0.15, 0.2) is 18.2 Å². The second kappa shape index (κ2) is 7.34. The summed E-state index contributed by atoms with van der Waals surface area (Å²) in [5.74, 6) is 0. The van der Waals surface area contributed by atoms with Crippen LogP contribution in [0.25, 0.3) is 0 Å². The Morgan fingerprint density at radius 3 is 2.63 bits per heavy atom. The molecule has 0 aromatic heterocycles. The molecule has 6 nitrogen and oxygen atoms in total. The Kier molecular flexibility index (Phi) is 5.76. The van der Waals surface area contributed by atoms with Gasteiger partial charge in [-0.25, -0.2) is 0 Å². The van der Waals surface area contributed by atoms with Gasteiger partial charge in [0.1, 0.15) is 5.69 Å². The summed E-state index contributed by atoms with van der Waals surface area (Å²) in [5.41, 5.74) is 0.811. The molecule has 0 fully saturated rings. The van der Waals surface area contributed by atoms with Gasteiger partial charge in [-0.3, -0.25) is 10.1 Å². The van der Waals surface area contributed by atoms with Gasteiger partial charge in [-0.15, -0.1) is 0 Å². The first kappa shape index (κ1) is 14.9. The third-order valence-corrected chi connectivity index (χ3v) is 2.96. The molecule has 1 N–H and O–H groups in total. The first-order valence-electron chi connectivity index (χ1n) is 6.27. The van der Waals surface area contributed by atoms with Gasteiger partial charge in [0, 0.05) is 19.2 Å². The van der Waals surface area contributed by atoms with E-state index in [2.05, 4.69) is 24.1 Å². The Balaban J connectivity index is 2.75. The predicted octanol–water partition coefficient (Wildman–Crippen LogP) is 2.22. The summed E-state index contributed by atoms with van der Waals surface area (Å²) in [6.45, 7) is 7.44. The molecule has 102 valence electrons. The van der Waals surface area contributed by atoms with Gasteiger partial charge in [0.05, 0.1) is 16.6 Å². The van der Waals surface area contributed by atoms with Crippen molar-refractivity contribution in [3.8, 4) is 6.07 Å². The molecular weight excluding hydrogens is 244 g/mol. The number of benzene rings is 1. The molecule has 1 aromatic carbocycles. The van der Waals surface area contributed by atoms with E-state index in [1.54, 1.807) is 0 Å². The topological polar surface area (TPSA) is 82.2 Å². The lowest BCUT2D eigenvalue weighted by Gasteiger charge is -2.18. The number of nitrogens with zero attached hydrogens (tertiary/aromatic N) is 3. The fraction of sp³-hybridized carbons (Fsp3) is 0.462. The Morgan fingerprint density at radius 1 is 1.42 bits per heavy atom. The molecule has 0 atom stereocenters. The third kappa shape index (κ3) is 4.23. The van der Waals surface area contributed by atoms with Gasteiger partial charge >= 0.3 is 0 Å². The minimum absolute atomic E-state index is 0.00135. The highest BCUT2D eigenvalue weighted by Crippen LogP contribution is 2.24. The molecule has 0 saturated heterocycles. The van der Waals surface area contributed by atoms with E-state index in [1.807, 2.05) is 6.07 Å². The molecule has 0 bridgehead atoms. The summed E-state index contributed by atoms with van der Waals surface area (Å²) >= 11 is 0. The van der Waals surface area contributed by atoms with E-state index in [9.17, 15) is 10.1 Å². The fourth-order valence-corrected chi connectivity index (χ4v) is 1.79. The standard InChI is InChI=1S/C13H18N4O2/c1-3-16(4-2)8-7-15-12-9-11(10-14)5-6-13(12)17(18)19/h5-6,9,15H,3-4,7-8H2,1-2H3. The van der Waals surface area contributed by atoms with Crippen molar-refractivity contribution in [2.24, 2.45) is 0 Å². The van der Waals surface area contributed by atoms with Crippen LogP contribution in [-0.2, 0) is 0 Å². The summed E-state index contributed by atoms with van der Waals surface area (Å²) in [5, 5.41) is 22.8. The van der Waals surface area contributed by atoms with Crippen LogP contribution in [0.2, 0.25) is 0 Å². The summed E-state index contributed by atoms with van der Waals surface area (Å²) in [4.78, 5) is 12.7. The lowest BCUT2D eigenvalue weighted by atomic mass is 10.2. The van der Waals surface area contributed by atoms with Gasteiger partial charge in [-0.1, -0.05) is 13.8 Å². The van der Waals surface area contributed by atoms with Crippen LogP contribution in [0, 0.1) is 21.4 Å². The molecule has 0 spiro atoms. The first-order valence-corrected chi connectivity index (χ1v) is 6.27. The highest BCUT2D eigenvalue weighted by Gasteiger charge is 2.13. The molecule has 1 aromatic rings. The average Bonchev–Trinajstić information content (AvgIpc) is 2.43. The number of hydrogen-bond acceptors (Lipinski definition) is 5. The van der Waals surface area contributed by atoms with E-state index in [0.717, 1.165) is 19.6 Å². The molecule has 0 aliphatic carbocycles. The predicted molar refractivity (Wildman–Crippen MR) is 74.1 cm³/mol. The first-order chi connectivity index (χ1) is 9.12. The third-order valence-electron chi connectivity index (χ3n) is 2.96. The van der Waals surface area contributed by atoms with Crippen LogP contribution in [0.1, 0.15) is 19.4 Å². The minimum Gasteiger partial charge on any atom is -0.378 e. The molecule has 1 rings (SSSR count). The molecule has 6 heteroatoms. The van der Waals surface area contributed by atoms with Crippen LogP contribution in [0.3, 0.4) is 0 Å². The van der Waals surface area contributed by atoms with Gasteiger partial charge in [-0.05, 0) is 25.2 Å². The molecule has 0 saturated carbocycles. The monoisotopic (exact) mass is 262 g/mol. The van der Waals surface area contributed by atoms with Crippen molar-refractivity contribution in [1.82, 2.24) is 4.90 Å². The van der Waals surface area contributed by atoms with Crippen molar-refractivity contribution in [3.05, 3.63) is 33.9 Å². The zero-order valence-electron chi connectivity index (χ0n) is 11.2. The maximum absolute atomic E-state index is 10.9. The largest absolute Gasteiger partial charge is 0.378 e. The second-order valence-corrected chi connectivity index (χ2v) is 4.05. The van der Waals surface area contributed by atoms with E-state index in [-0.39, 0.29) is 5.69 Å². The van der Waals surface area contributed by atoms with Gasteiger partial charge in [0.25, 0.3) is 5.69 Å². The van der Waals surface area contributed by atoms with Crippen molar-refractivity contribution in [2.75, 3.05) is 31.5 Å². The highest BCUT2D eigenvalue weighted by atomic mass is 16.6. The molecule has 0 heterocycles. The second-order valence-electron chi connectivity index (χ2n) is 4.05. The van der Waals surface area contributed by atoms with Crippen LogP contribution in [-0.4, -0.2) is 36.0 Å². The van der Waals surface area contributed by atoms with Crippen molar-refractivity contribution >= 4 is 11.4 Å². The van der Waals surface area contributed by atoms with Crippen LogP contribution in [0.4, 0.5) is 11.4 Å². The Labute approximate surface area is 112 Å². The number of likely N-dealkylation sites (N-methyl/N-ethyl adjacent to an activating group) is 1. The summed E-state index contributed by atoms with van der Waals surface area (Å²) in [6.07, 6.45) is 0. The minimum atomic E-state index is -0.444. The molecule has 0 radical (unpaired) electrons. The smallest absolute Gasteiger partial charge is 0.292 e. The zero-order chi connectivity index (χ0) is 14.3. The number of nitriles is 1. The van der Waals surface area contributed by atoms with Gasteiger partial charge in [0.2, 0.25) is 0 Å². The maximum Gasteiger partial charge on any atom is 0.292 e. The number of nitro groups is 1. The SMILES string of the molecule is CCN(CC)CCNc1cc(C#N)ccc1[N+](=O)[O-]. The Morgan fingerprint density at radius 2 is 2.11 bits per heavy atom. The van der Waals surface area contributed by atoms with Crippen LogP contribution < -0.4 is 5.32 Å². The Bertz CT molecular complexity index is 478. The van der Waals surface area contributed by atoms with Crippen molar-refractivity contribution in [3.63, 3.8) is 0 Å². The number of hydrogen-bond donors (Lipinski definition) is 1. The summed E-state index contributed by atoms with van der Waals surface area (Å²) < 4.78 is 0. The normalized spacial score (nSPS) is 10.2. The van der Waals surface area contributed by atoms with E-state index >= 15 is 0 Å². The van der Waals surface area contributed by atoms with E-state index in [1.165, 1.54) is 18.2 Å². The molecule has 0 unspecified atom stereocenters. The quantitative estimate of drug-likeness (QED) is 0.601. The highest BCUT2D eigenvalue weighted by molar-refractivity contribution is 5.64. The lowest BCUT2D eigenvalue weighted by Crippen LogP contribution is -2.28. The van der Waals surface area contributed by atoms with E-state index in [4.69, 9.17) is 5.26 Å². The maximum atomic E-state index is 10.9. The Hall–Kier alpha value is -2.13. The molecule has 0 amide bonds. The van der Waals surface area contributed by atoms with E-state index in [0.29, 0.717) is 17.8 Å². The number of rotatable bonds is 7. The van der Waals surface area contributed by atoms with Gasteiger partial charge < -0.3 is 10.2 Å². The molecule has 0 aliphatic heterocycles. The average molecular weight is 262 g/mol. The number of nitro benzene ring substituents is 1. The summed E-state index contributed by atoms with van der Waals surface area (Å²) in [7, 11) is 0. The molecule has 0 aliphatic rings. The zero-order valence-corrected chi connectivity index (χ0v) is 11.2. The summed E-state index contributed by atoms with van der Waals surface area (Å²) in [6, 6.07) is 6.31. The van der Waals surface area contributed by atoms with Gasteiger partial charge in [-0.2, -0.15) is 5.26 Å². The van der Waals surface area contributed by atoms with Gasteiger partial charge in [0.15, 0.2) is 0 Å². The number of nitrogens with one attached hydrogen (secondary N) is 1. The van der Waals surface area contributed by atoms with Crippen LogP contribution >= 0.6 is 0 Å². The van der Waals surface area contributed by atoms with E-state index < -0.39 is 4.92 Å². The lowest BCUT2D eigenvalue weighted by molar-refractivity contribution is -0.384. The van der Waals surface area contributed by atoms with Crippen molar-refractivity contribution < 1.29 is 4.92 Å². The van der Waals surface area contributed by atoms with Crippen LogP contribution in [0.5, 0.6) is 0 Å².